The van der Waals surface area contributed by atoms with Gasteiger partial charge in [-0.15, -0.1) is 0 Å². The number of carbonyl (C=O) groups excluding carboxylic acids is 2. The maximum absolute atomic E-state index is 12.9. The molecule has 0 unspecified atom stereocenters. The van der Waals surface area contributed by atoms with Crippen LogP contribution in [0.3, 0.4) is 0 Å². The molecule has 31 heavy (non-hydrogen) atoms. The van der Waals surface area contributed by atoms with E-state index in [1.807, 2.05) is 6.07 Å². The molecule has 0 bridgehead atoms. The third kappa shape index (κ3) is 3.58. The number of imide groups is 1. The van der Waals surface area contributed by atoms with Gasteiger partial charge in [0.15, 0.2) is 6.29 Å². The quantitative estimate of drug-likeness (QED) is 0.613. The highest BCUT2D eigenvalue weighted by Gasteiger charge is 2.38. The van der Waals surface area contributed by atoms with Crippen molar-refractivity contribution in [3.63, 3.8) is 0 Å². The van der Waals surface area contributed by atoms with Crippen molar-refractivity contribution in [2.24, 2.45) is 0 Å². The Kier molecular flexibility index (Phi) is 5.17. The SMILES string of the molecule is COc1ccnc2[nH]c([C@@H](CN3C(=O)c4ccccc4C3=O)O[C@@H]3CCCCO3)cc12. The molecule has 160 valence electrons. The van der Waals surface area contributed by atoms with Gasteiger partial charge in [0.25, 0.3) is 11.8 Å². The summed E-state index contributed by atoms with van der Waals surface area (Å²) in [6.07, 6.45) is 3.44. The van der Waals surface area contributed by atoms with Crippen molar-refractivity contribution in [2.75, 3.05) is 20.3 Å². The molecule has 0 saturated carbocycles. The van der Waals surface area contributed by atoms with Gasteiger partial charge in [0.2, 0.25) is 0 Å². The number of H-pyrrole nitrogens is 1. The second kappa shape index (κ2) is 8.13. The van der Waals surface area contributed by atoms with Gasteiger partial charge in [-0.1, -0.05) is 12.1 Å². The monoisotopic (exact) mass is 421 g/mol. The molecular formula is C23H23N3O5. The summed E-state index contributed by atoms with van der Waals surface area (Å²) in [6.45, 7) is 0.702. The first-order valence-electron chi connectivity index (χ1n) is 10.4. The van der Waals surface area contributed by atoms with E-state index in [4.69, 9.17) is 14.2 Å². The fourth-order valence-corrected chi connectivity index (χ4v) is 4.16. The number of hydrogen-bond donors (Lipinski definition) is 1. The third-order valence-electron chi connectivity index (χ3n) is 5.76. The number of carbonyl (C=O) groups is 2. The fraction of sp³-hybridized carbons (Fsp3) is 0.348. The number of rotatable bonds is 6. The van der Waals surface area contributed by atoms with Crippen molar-refractivity contribution in [2.45, 2.75) is 31.7 Å². The first kappa shape index (κ1) is 19.7. The predicted octanol–water partition coefficient (Wildman–Crippen LogP) is 3.45. The van der Waals surface area contributed by atoms with Gasteiger partial charge in [0.1, 0.15) is 17.5 Å². The average molecular weight is 421 g/mol. The Bertz CT molecular complexity index is 1100. The van der Waals surface area contributed by atoms with Gasteiger partial charge in [-0.2, -0.15) is 0 Å². The number of amides is 2. The van der Waals surface area contributed by atoms with E-state index in [-0.39, 0.29) is 18.4 Å². The molecule has 1 saturated heterocycles. The van der Waals surface area contributed by atoms with Gasteiger partial charge in [-0.25, -0.2) is 4.98 Å². The van der Waals surface area contributed by atoms with Crippen molar-refractivity contribution in [3.8, 4) is 5.75 Å². The average Bonchev–Trinajstić information content (AvgIpc) is 3.35. The normalized spacial score (nSPS) is 19.6. The lowest BCUT2D eigenvalue weighted by molar-refractivity contribution is -0.191. The number of nitrogens with zero attached hydrogens (tertiary/aromatic N) is 2. The molecule has 0 radical (unpaired) electrons. The van der Waals surface area contributed by atoms with Crippen molar-refractivity contribution < 1.29 is 23.8 Å². The van der Waals surface area contributed by atoms with E-state index in [2.05, 4.69) is 9.97 Å². The minimum Gasteiger partial charge on any atom is -0.496 e. The third-order valence-corrected chi connectivity index (χ3v) is 5.76. The Labute approximate surface area is 179 Å². The minimum absolute atomic E-state index is 0.0708. The zero-order chi connectivity index (χ0) is 21.4. The van der Waals surface area contributed by atoms with Gasteiger partial charge in [-0.3, -0.25) is 14.5 Å². The van der Waals surface area contributed by atoms with Crippen LogP contribution in [-0.4, -0.2) is 53.2 Å². The highest BCUT2D eigenvalue weighted by atomic mass is 16.7. The number of ether oxygens (including phenoxy) is 3. The zero-order valence-electron chi connectivity index (χ0n) is 17.2. The van der Waals surface area contributed by atoms with Gasteiger partial charge in [-0.05, 0) is 43.5 Å². The van der Waals surface area contributed by atoms with E-state index < -0.39 is 12.4 Å². The number of pyridine rings is 1. The molecular weight excluding hydrogens is 398 g/mol. The van der Waals surface area contributed by atoms with Crippen molar-refractivity contribution in [3.05, 3.63) is 59.4 Å². The number of benzene rings is 1. The molecule has 8 heteroatoms. The number of aromatic nitrogens is 2. The second-order valence-electron chi connectivity index (χ2n) is 7.69. The maximum atomic E-state index is 12.9. The lowest BCUT2D eigenvalue weighted by Crippen LogP contribution is -2.36. The lowest BCUT2D eigenvalue weighted by atomic mass is 10.1. The Morgan fingerprint density at radius 1 is 1.19 bits per heavy atom. The van der Waals surface area contributed by atoms with Gasteiger partial charge < -0.3 is 19.2 Å². The summed E-state index contributed by atoms with van der Waals surface area (Å²) >= 11 is 0. The van der Waals surface area contributed by atoms with Gasteiger partial charge in [0.05, 0.1) is 30.2 Å². The summed E-state index contributed by atoms with van der Waals surface area (Å²) < 4.78 is 17.5. The second-order valence-corrected chi connectivity index (χ2v) is 7.69. The highest BCUT2D eigenvalue weighted by Crippen LogP contribution is 2.32. The molecule has 1 fully saturated rings. The molecule has 4 heterocycles. The van der Waals surface area contributed by atoms with Crippen LogP contribution in [0.15, 0.2) is 42.6 Å². The summed E-state index contributed by atoms with van der Waals surface area (Å²) in [6, 6.07) is 10.5. The van der Waals surface area contributed by atoms with Gasteiger partial charge >= 0.3 is 0 Å². The molecule has 5 rings (SSSR count). The summed E-state index contributed by atoms with van der Waals surface area (Å²) in [7, 11) is 1.60. The first-order chi connectivity index (χ1) is 15.2. The van der Waals surface area contributed by atoms with E-state index in [1.54, 1.807) is 43.6 Å². The van der Waals surface area contributed by atoms with Crippen LogP contribution in [-0.2, 0) is 9.47 Å². The molecule has 0 aliphatic carbocycles. The van der Waals surface area contributed by atoms with Crippen LogP contribution in [0.2, 0.25) is 0 Å². The molecule has 3 aromatic rings. The van der Waals surface area contributed by atoms with Crippen LogP contribution in [0.25, 0.3) is 11.0 Å². The summed E-state index contributed by atoms with van der Waals surface area (Å²) in [5.41, 5.74) is 2.19. The molecule has 2 aliphatic heterocycles. The van der Waals surface area contributed by atoms with Crippen LogP contribution in [0.5, 0.6) is 5.75 Å². The van der Waals surface area contributed by atoms with Crippen molar-refractivity contribution in [1.82, 2.24) is 14.9 Å². The Balaban J connectivity index is 1.48. The fourth-order valence-electron chi connectivity index (χ4n) is 4.16. The van der Waals surface area contributed by atoms with Crippen LogP contribution in [0.1, 0.15) is 51.8 Å². The summed E-state index contributed by atoms with van der Waals surface area (Å²) in [4.78, 5) is 34.7. The molecule has 2 aliphatic rings. The first-order valence-corrected chi connectivity index (χ1v) is 10.4. The Hall–Kier alpha value is -3.23. The molecule has 8 nitrogen and oxygen atoms in total. The topological polar surface area (TPSA) is 93.8 Å². The Morgan fingerprint density at radius 3 is 2.65 bits per heavy atom. The molecule has 2 atom stereocenters. The van der Waals surface area contributed by atoms with E-state index in [0.717, 1.165) is 24.6 Å². The lowest BCUT2D eigenvalue weighted by Gasteiger charge is -2.29. The number of aromatic amines is 1. The summed E-state index contributed by atoms with van der Waals surface area (Å²) in [5.74, 6) is 0.0528. The van der Waals surface area contributed by atoms with Crippen molar-refractivity contribution in [1.29, 1.82) is 0 Å². The Morgan fingerprint density at radius 2 is 1.97 bits per heavy atom. The highest BCUT2D eigenvalue weighted by molar-refractivity contribution is 6.21. The van der Waals surface area contributed by atoms with Crippen LogP contribution >= 0.6 is 0 Å². The molecule has 1 N–H and O–H groups in total. The standard InChI is InChI=1S/C23H23N3O5/c1-29-18-9-10-24-21-16(18)12-17(25-21)19(31-20-8-4-5-11-30-20)13-26-22(27)14-6-2-3-7-15(14)23(26)28/h2-3,6-7,9-10,12,19-20H,4-5,8,11,13H2,1H3,(H,24,25)/t19-,20-/m1/s1. The van der Waals surface area contributed by atoms with E-state index >= 15 is 0 Å². The maximum Gasteiger partial charge on any atom is 0.261 e. The molecule has 2 aromatic heterocycles. The van der Waals surface area contributed by atoms with E-state index in [1.165, 1.54) is 4.90 Å². The molecule has 2 amide bonds. The molecule has 0 spiro atoms. The van der Waals surface area contributed by atoms with E-state index in [9.17, 15) is 9.59 Å². The van der Waals surface area contributed by atoms with Gasteiger partial charge in [0, 0.05) is 18.5 Å². The molecule has 1 aromatic carbocycles. The zero-order valence-corrected chi connectivity index (χ0v) is 17.2. The number of fused-ring (bicyclic) bond motifs is 2. The largest absolute Gasteiger partial charge is 0.496 e. The van der Waals surface area contributed by atoms with Crippen molar-refractivity contribution >= 4 is 22.8 Å². The van der Waals surface area contributed by atoms with Crippen LogP contribution in [0.4, 0.5) is 0 Å². The number of nitrogens with one attached hydrogen (secondary N) is 1. The number of hydrogen-bond acceptors (Lipinski definition) is 6. The smallest absolute Gasteiger partial charge is 0.261 e. The van der Waals surface area contributed by atoms with Crippen LogP contribution in [0, 0.1) is 0 Å². The van der Waals surface area contributed by atoms with E-state index in [0.29, 0.717) is 34.8 Å². The predicted molar refractivity (Wildman–Crippen MR) is 112 cm³/mol. The van der Waals surface area contributed by atoms with Crippen LogP contribution < -0.4 is 4.74 Å². The summed E-state index contributed by atoms with van der Waals surface area (Å²) in [5, 5.41) is 0.806. The number of methoxy groups -OCH3 is 1. The minimum atomic E-state index is -0.593.